The lowest BCUT2D eigenvalue weighted by Crippen LogP contribution is -2.47. The second kappa shape index (κ2) is 12.9. The van der Waals surface area contributed by atoms with Gasteiger partial charge in [0.1, 0.15) is 12.4 Å². The average molecular weight is 424 g/mol. The number of guanidine groups is 1. The fourth-order valence-electron chi connectivity index (χ4n) is 3.44. The van der Waals surface area contributed by atoms with E-state index in [0.29, 0.717) is 12.5 Å². The van der Waals surface area contributed by atoms with Gasteiger partial charge in [0.25, 0.3) is 0 Å². The molecule has 1 fully saturated rings. The van der Waals surface area contributed by atoms with E-state index in [9.17, 15) is 0 Å². The normalized spacial score (nSPS) is 17.2. The number of likely N-dealkylation sites (N-methyl/N-ethyl adjacent to an activating group) is 2. The van der Waals surface area contributed by atoms with Gasteiger partial charge in [0.15, 0.2) is 5.96 Å². The first-order valence-corrected chi connectivity index (χ1v) is 11.2. The third kappa shape index (κ3) is 8.81. The standard InChI is InChI=1S/C22H38ClN5O/c1-5-24-22(26(4)15-16-29-21-9-7-20(23)8-10-21)25-17-19(3)18-28-13-11-27(6-2)12-14-28/h7-10,19H,5-6,11-18H2,1-4H3,(H,24,25). The molecule has 1 aromatic rings. The molecule has 29 heavy (non-hydrogen) atoms. The predicted molar refractivity (Wildman–Crippen MR) is 123 cm³/mol. The van der Waals surface area contributed by atoms with Crippen LogP contribution in [0.2, 0.25) is 5.02 Å². The molecule has 1 heterocycles. The molecular weight excluding hydrogens is 386 g/mol. The Kier molecular flexibility index (Phi) is 10.6. The molecule has 164 valence electrons. The van der Waals surface area contributed by atoms with Gasteiger partial charge in [-0.3, -0.25) is 4.99 Å². The molecule has 1 atom stereocenters. The lowest BCUT2D eigenvalue weighted by Gasteiger charge is -2.35. The average Bonchev–Trinajstić information content (AvgIpc) is 2.73. The van der Waals surface area contributed by atoms with E-state index in [4.69, 9.17) is 21.3 Å². The Morgan fingerprint density at radius 1 is 1.17 bits per heavy atom. The van der Waals surface area contributed by atoms with E-state index in [2.05, 4.69) is 47.8 Å². The topological polar surface area (TPSA) is 43.3 Å². The third-order valence-electron chi connectivity index (χ3n) is 5.24. The number of hydrogen-bond donors (Lipinski definition) is 1. The monoisotopic (exact) mass is 423 g/mol. The van der Waals surface area contributed by atoms with Crippen LogP contribution in [0, 0.1) is 5.92 Å². The van der Waals surface area contributed by atoms with Crippen molar-refractivity contribution in [2.75, 3.05) is 72.6 Å². The van der Waals surface area contributed by atoms with Crippen molar-refractivity contribution >= 4 is 17.6 Å². The molecule has 1 aliphatic rings. The van der Waals surface area contributed by atoms with Crippen LogP contribution in [-0.2, 0) is 0 Å². The Morgan fingerprint density at radius 3 is 2.45 bits per heavy atom. The number of halogens is 1. The first-order valence-electron chi connectivity index (χ1n) is 10.8. The van der Waals surface area contributed by atoms with Crippen LogP contribution in [-0.4, -0.2) is 93.2 Å². The first-order chi connectivity index (χ1) is 14.0. The zero-order valence-electron chi connectivity index (χ0n) is 18.5. The summed E-state index contributed by atoms with van der Waals surface area (Å²) in [5.41, 5.74) is 0. The van der Waals surface area contributed by atoms with Gasteiger partial charge in [-0.15, -0.1) is 0 Å². The minimum Gasteiger partial charge on any atom is -0.492 e. The lowest BCUT2D eigenvalue weighted by molar-refractivity contribution is 0.125. The Bertz CT molecular complexity index is 602. The van der Waals surface area contributed by atoms with Crippen LogP contribution >= 0.6 is 11.6 Å². The minimum absolute atomic E-state index is 0.538. The van der Waals surface area contributed by atoms with Crippen LogP contribution in [0.25, 0.3) is 0 Å². The minimum atomic E-state index is 0.538. The molecule has 2 rings (SSSR count). The molecule has 1 N–H and O–H groups in total. The van der Waals surface area contributed by atoms with E-state index in [-0.39, 0.29) is 0 Å². The van der Waals surface area contributed by atoms with Gasteiger partial charge in [0.05, 0.1) is 6.54 Å². The summed E-state index contributed by atoms with van der Waals surface area (Å²) in [5.74, 6) is 2.31. The molecular formula is C22H38ClN5O. The van der Waals surface area contributed by atoms with Crippen LogP contribution in [0.5, 0.6) is 5.75 Å². The molecule has 0 aromatic heterocycles. The van der Waals surface area contributed by atoms with E-state index in [0.717, 1.165) is 49.5 Å². The van der Waals surface area contributed by atoms with Gasteiger partial charge in [0.2, 0.25) is 0 Å². The fraction of sp³-hybridized carbons (Fsp3) is 0.682. The van der Waals surface area contributed by atoms with Gasteiger partial charge in [-0.2, -0.15) is 0 Å². The van der Waals surface area contributed by atoms with Crippen LogP contribution in [0.4, 0.5) is 0 Å². The number of benzene rings is 1. The van der Waals surface area contributed by atoms with Crippen molar-refractivity contribution in [2.45, 2.75) is 20.8 Å². The molecule has 0 amide bonds. The van der Waals surface area contributed by atoms with E-state index >= 15 is 0 Å². The van der Waals surface area contributed by atoms with Crippen molar-refractivity contribution < 1.29 is 4.74 Å². The molecule has 0 bridgehead atoms. The van der Waals surface area contributed by atoms with Gasteiger partial charge >= 0.3 is 0 Å². The molecule has 1 aromatic carbocycles. The third-order valence-corrected chi connectivity index (χ3v) is 5.49. The largest absolute Gasteiger partial charge is 0.492 e. The summed E-state index contributed by atoms with van der Waals surface area (Å²) < 4.78 is 5.81. The number of nitrogens with one attached hydrogen (secondary N) is 1. The van der Waals surface area contributed by atoms with Crippen molar-refractivity contribution in [1.82, 2.24) is 20.0 Å². The molecule has 6 nitrogen and oxygen atoms in total. The highest BCUT2D eigenvalue weighted by Gasteiger charge is 2.17. The Hall–Kier alpha value is -1.50. The second-order valence-electron chi connectivity index (χ2n) is 7.76. The maximum atomic E-state index is 5.91. The van der Waals surface area contributed by atoms with Crippen molar-refractivity contribution in [2.24, 2.45) is 10.9 Å². The SMILES string of the molecule is CCNC(=NCC(C)CN1CCN(CC)CC1)N(C)CCOc1ccc(Cl)cc1. The molecule has 0 saturated carbocycles. The molecule has 0 spiro atoms. The summed E-state index contributed by atoms with van der Waals surface area (Å²) in [4.78, 5) is 12.1. The summed E-state index contributed by atoms with van der Waals surface area (Å²) in [6.07, 6.45) is 0. The van der Waals surface area contributed by atoms with Crippen LogP contribution in [0.1, 0.15) is 20.8 Å². The number of ether oxygens (including phenoxy) is 1. The molecule has 0 radical (unpaired) electrons. The molecule has 1 saturated heterocycles. The Morgan fingerprint density at radius 2 is 1.83 bits per heavy atom. The molecule has 0 aliphatic carbocycles. The Labute approximate surface area is 181 Å². The molecule has 7 heteroatoms. The highest BCUT2D eigenvalue weighted by atomic mass is 35.5. The van der Waals surface area contributed by atoms with Gasteiger partial charge < -0.3 is 24.8 Å². The van der Waals surface area contributed by atoms with E-state index in [1.54, 1.807) is 0 Å². The summed E-state index contributed by atoms with van der Waals surface area (Å²) in [5, 5.41) is 4.11. The van der Waals surface area contributed by atoms with Crippen molar-refractivity contribution in [3.63, 3.8) is 0 Å². The highest BCUT2D eigenvalue weighted by Crippen LogP contribution is 2.15. The van der Waals surface area contributed by atoms with Gasteiger partial charge in [-0.1, -0.05) is 25.4 Å². The maximum Gasteiger partial charge on any atom is 0.193 e. The number of piperazine rings is 1. The molecule has 1 aliphatic heterocycles. The quantitative estimate of drug-likeness (QED) is 0.463. The summed E-state index contributed by atoms with van der Waals surface area (Å²) >= 11 is 5.91. The second-order valence-corrected chi connectivity index (χ2v) is 8.20. The zero-order chi connectivity index (χ0) is 21.1. The van der Waals surface area contributed by atoms with Crippen LogP contribution in [0.3, 0.4) is 0 Å². The van der Waals surface area contributed by atoms with Gasteiger partial charge in [-0.25, -0.2) is 0 Å². The van der Waals surface area contributed by atoms with Crippen LogP contribution < -0.4 is 10.1 Å². The summed E-state index contributed by atoms with van der Waals surface area (Å²) in [7, 11) is 2.06. The number of aliphatic imine (C=N–C) groups is 1. The smallest absolute Gasteiger partial charge is 0.193 e. The number of hydrogen-bond acceptors (Lipinski definition) is 4. The van der Waals surface area contributed by atoms with E-state index in [1.165, 1.54) is 26.2 Å². The number of nitrogens with zero attached hydrogens (tertiary/aromatic N) is 4. The molecule has 1 unspecified atom stereocenters. The highest BCUT2D eigenvalue weighted by molar-refractivity contribution is 6.30. The zero-order valence-corrected chi connectivity index (χ0v) is 19.3. The van der Waals surface area contributed by atoms with Crippen molar-refractivity contribution in [3.05, 3.63) is 29.3 Å². The summed E-state index contributed by atoms with van der Waals surface area (Å²) in [6, 6.07) is 7.47. The Balaban J connectivity index is 1.75. The number of rotatable bonds is 10. The summed E-state index contributed by atoms with van der Waals surface area (Å²) in [6.45, 7) is 16.7. The van der Waals surface area contributed by atoms with E-state index < -0.39 is 0 Å². The van der Waals surface area contributed by atoms with E-state index in [1.807, 2.05) is 24.3 Å². The van der Waals surface area contributed by atoms with Gasteiger partial charge in [0, 0.05) is 57.9 Å². The van der Waals surface area contributed by atoms with Crippen molar-refractivity contribution in [3.8, 4) is 5.75 Å². The van der Waals surface area contributed by atoms with Crippen molar-refractivity contribution in [1.29, 1.82) is 0 Å². The predicted octanol–water partition coefficient (Wildman–Crippen LogP) is 2.89. The van der Waals surface area contributed by atoms with Crippen LogP contribution in [0.15, 0.2) is 29.3 Å². The lowest BCUT2D eigenvalue weighted by atomic mass is 10.1. The van der Waals surface area contributed by atoms with Gasteiger partial charge in [-0.05, 0) is 43.7 Å². The fourth-order valence-corrected chi connectivity index (χ4v) is 3.56. The first kappa shape index (κ1) is 23.8. The maximum absolute atomic E-state index is 5.91.